The van der Waals surface area contributed by atoms with E-state index in [0.717, 1.165) is 0 Å². The van der Waals surface area contributed by atoms with Crippen LogP contribution in [0.1, 0.15) is 29.4 Å². The summed E-state index contributed by atoms with van der Waals surface area (Å²) in [7, 11) is 1.55. The summed E-state index contributed by atoms with van der Waals surface area (Å²) in [5.41, 5.74) is 0.408. The molecular formula is C13H19ClN2O3. The first-order valence-corrected chi connectivity index (χ1v) is 6.35. The highest BCUT2D eigenvalue weighted by Crippen LogP contribution is 2.14. The molecule has 19 heavy (non-hydrogen) atoms. The standard InChI is InChI=1S/C13H19ClN2O3/c1-9-10(4-5-11(14)15-9)12(18)16-13(2,6-7-17)8-19-3/h4-5,17H,6-8H2,1-3H3,(H,16,18). The Kier molecular flexibility index (Phi) is 5.72. The monoisotopic (exact) mass is 286 g/mol. The lowest BCUT2D eigenvalue weighted by molar-refractivity contribution is 0.0725. The first kappa shape index (κ1) is 15.9. The van der Waals surface area contributed by atoms with Gasteiger partial charge in [0.05, 0.1) is 23.4 Å². The number of carbonyl (C=O) groups is 1. The van der Waals surface area contributed by atoms with Gasteiger partial charge in [-0.1, -0.05) is 11.6 Å². The lowest BCUT2D eigenvalue weighted by atomic mass is 9.98. The Labute approximate surface area is 117 Å². The van der Waals surface area contributed by atoms with Crippen LogP contribution in [0.4, 0.5) is 0 Å². The molecule has 1 heterocycles. The molecule has 1 atom stereocenters. The molecule has 0 aliphatic heterocycles. The number of nitrogens with one attached hydrogen (secondary N) is 1. The topological polar surface area (TPSA) is 71.5 Å². The van der Waals surface area contributed by atoms with Crippen LogP contribution in [0.15, 0.2) is 12.1 Å². The lowest BCUT2D eigenvalue weighted by Gasteiger charge is -2.29. The van der Waals surface area contributed by atoms with Crippen molar-refractivity contribution in [2.24, 2.45) is 0 Å². The van der Waals surface area contributed by atoms with Crippen LogP contribution in [0.2, 0.25) is 5.15 Å². The van der Waals surface area contributed by atoms with Crippen molar-refractivity contribution < 1.29 is 14.6 Å². The number of carbonyl (C=O) groups excluding carboxylic acids is 1. The van der Waals surface area contributed by atoms with Crippen molar-refractivity contribution in [3.8, 4) is 0 Å². The molecule has 0 radical (unpaired) electrons. The highest BCUT2D eigenvalue weighted by molar-refractivity contribution is 6.29. The van der Waals surface area contributed by atoms with Gasteiger partial charge in [-0.3, -0.25) is 4.79 Å². The van der Waals surface area contributed by atoms with E-state index in [4.69, 9.17) is 21.4 Å². The predicted molar refractivity (Wildman–Crippen MR) is 73.4 cm³/mol. The average Bonchev–Trinajstić information content (AvgIpc) is 2.28. The third-order valence-corrected chi connectivity index (χ3v) is 3.05. The minimum atomic E-state index is -0.618. The Hall–Kier alpha value is -1.17. The van der Waals surface area contributed by atoms with Crippen LogP contribution in [0.5, 0.6) is 0 Å². The van der Waals surface area contributed by atoms with Gasteiger partial charge in [-0.2, -0.15) is 0 Å². The molecule has 0 saturated carbocycles. The number of hydrogen-bond acceptors (Lipinski definition) is 4. The summed E-state index contributed by atoms with van der Waals surface area (Å²) in [6.07, 6.45) is 0.409. The van der Waals surface area contributed by atoms with Crippen molar-refractivity contribution in [3.63, 3.8) is 0 Å². The van der Waals surface area contributed by atoms with E-state index in [1.54, 1.807) is 26.2 Å². The summed E-state index contributed by atoms with van der Waals surface area (Å²) in [5.74, 6) is -0.255. The highest BCUT2D eigenvalue weighted by Gasteiger charge is 2.27. The van der Waals surface area contributed by atoms with E-state index in [-0.39, 0.29) is 12.5 Å². The normalized spacial score (nSPS) is 13.9. The smallest absolute Gasteiger partial charge is 0.253 e. The van der Waals surface area contributed by atoms with Gasteiger partial charge in [0.25, 0.3) is 5.91 Å². The molecule has 5 nitrogen and oxygen atoms in total. The Balaban J connectivity index is 2.87. The van der Waals surface area contributed by atoms with Crippen LogP contribution in [0.25, 0.3) is 0 Å². The van der Waals surface area contributed by atoms with Gasteiger partial charge in [0, 0.05) is 13.7 Å². The van der Waals surface area contributed by atoms with Crippen molar-refractivity contribution >= 4 is 17.5 Å². The molecule has 1 aromatic rings. The van der Waals surface area contributed by atoms with E-state index in [0.29, 0.717) is 29.4 Å². The zero-order valence-electron chi connectivity index (χ0n) is 11.4. The molecule has 0 saturated heterocycles. The molecule has 2 N–H and O–H groups in total. The van der Waals surface area contributed by atoms with Crippen LogP contribution in [-0.4, -0.2) is 41.9 Å². The number of aromatic nitrogens is 1. The van der Waals surface area contributed by atoms with Gasteiger partial charge in [-0.25, -0.2) is 4.98 Å². The molecule has 0 spiro atoms. The van der Waals surface area contributed by atoms with E-state index in [1.807, 2.05) is 6.92 Å². The molecule has 0 fully saturated rings. The highest BCUT2D eigenvalue weighted by atomic mass is 35.5. The number of methoxy groups -OCH3 is 1. The number of ether oxygens (including phenoxy) is 1. The molecule has 1 unspecified atom stereocenters. The second-order valence-electron chi connectivity index (χ2n) is 4.69. The maximum atomic E-state index is 12.2. The Morgan fingerprint density at radius 1 is 1.58 bits per heavy atom. The largest absolute Gasteiger partial charge is 0.396 e. The maximum Gasteiger partial charge on any atom is 0.253 e. The summed E-state index contributed by atoms with van der Waals surface area (Å²) in [5, 5.41) is 12.3. The van der Waals surface area contributed by atoms with Gasteiger partial charge in [-0.15, -0.1) is 0 Å². The van der Waals surface area contributed by atoms with Crippen molar-refractivity contribution in [1.29, 1.82) is 0 Å². The number of aliphatic hydroxyl groups excluding tert-OH is 1. The number of rotatable bonds is 6. The molecular weight excluding hydrogens is 268 g/mol. The Bertz CT molecular complexity index is 446. The first-order valence-electron chi connectivity index (χ1n) is 5.97. The third-order valence-electron chi connectivity index (χ3n) is 2.84. The van der Waals surface area contributed by atoms with Gasteiger partial charge in [-0.05, 0) is 32.4 Å². The second kappa shape index (κ2) is 6.84. The van der Waals surface area contributed by atoms with Crippen molar-refractivity contribution in [3.05, 3.63) is 28.5 Å². The predicted octanol–water partition coefficient (Wildman–Crippen LogP) is 1.56. The maximum absolute atomic E-state index is 12.2. The van der Waals surface area contributed by atoms with E-state index < -0.39 is 5.54 Å². The molecule has 1 amide bonds. The fraction of sp³-hybridized carbons (Fsp3) is 0.538. The van der Waals surface area contributed by atoms with Crippen LogP contribution >= 0.6 is 11.6 Å². The minimum Gasteiger partial charge on any atom is -0.396 e. The number of nitrogens with zero attached hydrogens (tertiary/aromatic N) is 1. The molecule has 6 heteroatoms. The van der Waals surface area contributed by atoms with E-state index in [9.17, 15) is 4.79 Å². The average molecular weight is 287 g/mol. The Morgan fingerprint density at radius 3 is 2.79 bits per heavy atom. The van der Waals surface area contributed by atoms with Gasteiger partial charge in [0.2, 0.25) is 0 Å². The molecule has 0 aliphatic rings. The summed E-state index contributed by atoms with van der Waals surface area (Å²) >= 11 is 5.76. The van der Waals surface area contributed by atoms with Gasteiger partial charge >= 0.3 is 0 Å². The van der Waals surface area contributed by atoms with Crippen molar-refractivity contribution in [1.82, 2.24) is 10.3 Å². The molecule has 0 aromatic carbocycles. The van der Waals surface area contributed by atoms with Gasteiger partial charge in [0.15, 0.2) is 0 Å². The number of aliphatic hydroxyl groups is 1. The number of aryl methyl sites for hydroxylation is 1. The van der Waals surface area contributed by atoms with E-state index in [2.05, 4.69) is 10.3 Å². The number of hydrogen-bond donors (Lipinski definition) is 2. The van der Waals surface area contributed by atoms with Crippen LogP contribution in [-0.2, 0) is 4.74 Å². The summed E-state index contributed by atoms with van der Waals surface area (Å²) < 4.78 is 5.08. The fourth-order valence-electron chi connectivity index (χ4n) is 1.85. The second-order valence-corrected chi connectivity index (χ2v) is 5.08. The van der Waals surface area contributed by atoms with Gasteiger partial charge in [0.1, 0.15) is 5.15 Å². The summed E-state index contributed by atoms with van der Waals surface area (Å²) in [6.45, 7) is 3.83. The zero-order valence-corrected chi connectivity index (χ0v) is 12.1. The molecule has 0 aliphatic carbocycles. The first-order chi connectivity index (χ1) is 8.91. The third kappa shape index (κ3) is 4.45. The van der Waals surface area contributed by atoms with Crippen LogP contribution < -0.4 is 5.32 Å². The summed E-state index contributed by atoms with van der Waals surface area (Å²) in [4.78, 5) is 16.3. The Morgan fingerprint density at radius 2 is 2.26 bits per heavy atom. The SMILES string of the molecule is COCC(C)(CCO)NC(=O)c1ccc(Cl)nc1C. The fourth-order valence-corrected chi connectivity index (χ4v) is 2.04. The lowest BCUT2D eigenvalue weighted by Crippen LogP contribution is -2.50. The number of halogens is 1. The number of pyridine rings is 1. The molecule has 1 aromatic heterocycles. The van der Waals surface area contributed by atoms with Crippen molar-refractivity contribution in [2.45, 2.75) is 25.8 Å². The van der Waals surface area contributed by atoms with E-state index >= 15 is 0 Å². The van der Waals surface area contributed by atoms with Crippen LogP contribution in [0.3, 0.4) is 0 Å². The van der Waals surface area contributed by atoms with Gasteiger partial charge < -0.3 is 15.2 Å². The van der Waals surface area contributed by atoms with Crippen molar-refractivity contribution in [2.75, 3.05) is 20.3 Å². The molecule has 0 bridgehead atoms. The molecule has 106 valence electrons. The van der Waals surface area contributed by atoms with E-state index in [1.165, 1.54) is 0 Å². The number of amides is 1. The summed E-state index contributed by atoms with van der Waals surface area (Å²) in [6, 6.07) is 3.20. The van der Waals surface area contributed by atoms with Crippen LogP contribution in [0, 0.1) is 6.92 Å². The zero-order chi connectivity index (χ0) is 14.5. The minimum absolute atomic E-state index is 0.0298. The molecule has 1 rings (SSSR count). The quantitative estimate of drug-likeness (QED) is 0.779.